The van der Waals surface area contributed by atoms with Gasteiger partial charge in [0.05, 0.1) is 42.8 Å². The fraction of sp³-hybridized carbons (Fsp3) is 0.320. The van der Waals surface area contributed by atoms with Crippen LogP contribution in [0.5, 0.6) is 5.75 Å². The Morgan fingerprint density at radius 1 is 1.09 bits per heavy atom. The quantitative estimate of drug-likeness (QED) is 0.586. The van der Waals surface area contributed by atoms with Crippen molar-refractivity contribution in [3.05, 3.63) is 60.2 Å². The Morgan fingerprint density at radius 2 is 1.85 bits per heavy atom. The number of amides is 2. The van der Waals surface area contributed by atoms with Gasteiger partial charge in [0.15, 0.2) is 0 Å². The van der Waals surface area contributed by atoms with E-state index in [0.29, 0.717) is 23.2 Å². The number of hydrogen-bond acceptors (Lipinski definition) is 4. The molecule has 0 saturated heterocycles. The van der Waals surface area contributed by atoms with Gasteiger partial charge in [0.2, 0.25) is 5.91 Å². The molecule has 8 nitrogen and oxygen atoms in total. The lowest BCUT2D eigenvalue weighted by atomic mass is 9.91. The second-order valence-electron chi connectivity index (χ2n) is 8.76. The van der Waals surface area contributed by atoms with Crippen LogP contribution in [0.1, 0.15) is 44.3 Å². The molecule has 1 saturated carbocycles. The molecule has 0 radical (unpaired) electrons. The number of rotatable bonds is 4. The van der Waals surface area contributed by atoms with Gasteiger partial charge in [0, 0.05) is 24.2 Å². The fourth-order valence-electron chi connectivity index (χ4n) is 4.80. The van der Waals surface area contributed by atoms with E-state index in [1.165, 1.54) is 37.1 Å². The summed E-state index contributed by atoms with van der Waals surface area (Å²) in [5, 5.41) is 14.7. The second kappa shape index (κ2) is 8.16. The molecule has 1 aromatic heterocycles. The highest BCUT2D eigenvalue weighted by molar-refractivity contribution is 6.03. The molecule has 1 aliphatic carbocycles. The molecule has 5 rings (SSSR count). The minimum absolute atomic E-state index is 0.137. The molecular formula is C25H25FN4O4. The Kier molecular flexibility index (Phi) is 5.27. The Hall–Kier alpha value is -3.88. The second-order valence-corrected chi connectivity index (χ2v) is 8.76. The first-order valence-corrected chi connectivity index (χ1v) is 11.1. The third-order valence-corrected chi connectivity index (χ3v) is 6.56. The third-order valence-electron chi connectivity index (χ3n) is 6.56. The van der Waals surface area contributed by atoms with Crippen LogP contribution in [-0.2, 0) is 4.79 Å². The van der Waals surface area contributed by atoms with E-state index in [4.69, 9.17) is 4.74 Å². The summed E-state index contributed by atoms with van der Waals surface area (Å²) >= 11 is 0. The highest BCUT2D eigenvalue weighted by atomic mass is 19.1. The summed E-state index contributed by atoms with van der Waals surface area (Å²) in [6, 6.07) is 8.30. The number of benzene rings is 2. The third kappa shape index (κ3) is 3.57. The first-order chi connectivity index (χ1) is 16.3. The number of hydrogen-bond donors (Lipinski definition) is 1. The number of aromatic nitrogens is 2. The molecular weight excluding hydrogens is 439 g/mol. The molecule has 1 fully saturated rings. The standard InChI is InChI=1S/C25H25FN4O4/c1-14-24(20-11-19(34-3)7-8-21(20)26)30(25(32)33)23-10-16(4-9-22(23)29(14)15(2)31)17-12-27-28(13-17)18-5-6-18/h4,7-14,18,24H,5-6H2,1-3H3,(H,32,33)/t14-,24?/m0/s1. The van der Waals surface area contributed by atoms with Crippen LogP contribution in [-0.4, -0.2) is 40.0 Å². The molecule has 1 unspecified atom stereocenters. The lowest BCUT2D eigenvalue weighted by Crippen LogP contribution is -2.53. The van der Waals surface area contributed by atoms with Crippen molar-refractivity contribution < 1.29 is 23.8 Å². The Labute approximate surface area is 196 Å². The van der Waals surface area contributed by atoms with E-state index in [-0.39, 0.29) is 11.5 Å². The van der Waals surface area contributed by atoms with E-state index in [1.807, 2.05) is 16.9 Å². The van der Waals surface area contributed by atoms with Gasteiger partial charge in [0.25, 0.3) is 0 Å². The van der Waals surface area contributed by atoms with Crippen LogP contribution in [0.4, 0.5) is 20.6 Å². The normalized spacial score (nSPS) is 19.6. The van der Waals surface area contributed by atoms with E-state index >= 15 is 4.39 Å². The first-order valence-electron chi connectivity index (χ1n) is 11.1. The van der Waals surface area contributed by atoms with Crippen molar-refractivity contribution in [3.63, 3.8) is 0 Å². The summed E-state index contributed by atoms with van der Waals surface area (Å²) in [5.74, 6) is -0.436. The van der Waals surface area contributed by atoms with E-state index in [9.17, 15) is 14.7 Å². The molecule has 2 atom stereocenters. The zero-order chi connectivity index (χ0) is 24.1. The van der Waals surface area contributed by atoms with Gasteiger partial charge in [0.1, 0.15) is 11.6 Å². The smallest absolute Gasteiger partial charge is 0.412 e. The lowest BCUT2D eigenvalue weighted by Gasteiger charge is -2.46. The van der Waals surface area contributed by atoms with Crippen molar-refractivity contribution in [2.45, 2.75) is 44.8 Å². The summed E-state index contributed by atoms with van der Waals surface area (Å²) in [4.78, 5) is 28.0. The molecule has 3 aromatic rings. The number of nitrogens with zero attached hydrogens (tertiary/aromatic N) is 4. The van der Waals surface area contributed by atoms with Crippen LogP contribution in [0.3, 0.4) is 0 Å². The largest absolute Gasteiger partial charge is 0.497 e. The molecule has 34 heavy (non-hydrogen) atoms. The van der Waals surface area contributed by atoms with E-state index in [1.54, 1.807) is 25.3 Å². The predicted molar refractivity (Wildman–Crippen MR) is 125 cm³/mol. The number of ether oxygens (including phenoxy) is 1. The molecule has 0 bridgehead atoms. The van der Waals surface area contributed by atoms with Gasteiger partial charge < -0.3 is 14.7 Å². The Morgan fingerprint density at radius 3 is 2.50 bits per heavy atom. The van der Waals surface area contributed by atoms with Gasteiger partial charge >= 0.3 is 6.09 Å². The average Bonchev–Trinajstić information content (AvgIpc) is 3.54. The molecule has 2 amide bonds. The lowest BCUT2D eigenvalue weighted by molar-refractivity contribution is -0.117. The summed E-state index contributed by atoms with van der Waals surface area (Å²) in [6.07, 6.45) is 4.64. The fourth-order valence-corrected chi connectivity index (χ4v) is 4.80. The molecule has 2 aliphatic rings. The van der Waals surface area contributed by atoms with Gasteiger partial charge in [-0.3, -0.25) is 14.4 Å². The number of carbonyl (C=O) groups is 2. The molecule has 1 N–H and O–H groups in total. The number of halogens is 1. The number of carbonyl (C=O) groups excluding carboxylic acids is 1. The summed E-state index contributed by atoms with van der Waals surface area (Å²) in [7, 11) is 1.46. The molecule has 2 heterocycles. The van der Waals surface area contributed by atoms with Crippen molar-refractivity contribution in [1.29, 1.82) is 0 Å². The van der Waals surface area contributed by atoms with E-state index < -0.39 is 24.0 Å². The Bertz CT molecular complexity index is 1290. The zero-order valence-electron chi connectivity index (χ0n) is 19.1. The predicted octanol–water partition coefficient (Wildman–Crippen LogP) is 5.01. The SMILES string of the molecule is COc1ccc(F)c(C2[C@H](C)N(C(C)=O)c3ccc(-c4cnn(C5CC5)c4)cc3N2C(=O)O)c1. The summed E-state index contributed by atoms with van der Waals surface area (Å²) < 4.78 is 22.2. The van der Waals surface area contributed by atoms with Crippen molar-refractivity contribution in [3.8, 4) is 16.9 Å². The van der Waals surface area contributed by atoms with Gasteiger partial charge in [-0.1, -0.05) is 6.07 Å². The van der Waals surface area contributed by atoms with Gasteiger partial charge in [-0.2, -0.15) is 5.10 Å². The number of anilines is 2. The minimum Gasteiger partial charge on any atom is -0.497 e. The van der Waals surface area contributed by atoms with Crippen molar-refractivity contribution in [2.24, 2.45) is 0 Å². The number of fused-ring (bicyclic) bond motifs is 1. The molecule has 9 heteroatoms. The van der Waals surface area contributed by atoms with Crippen LogP contribution < -0.4 is 14.5 Å². The van der Waals surface area contributed by atoms with Crippen molar-refractivity contribution in [2.75, 3.05) is 16.9 Å². The van der Waals surface area contributed by atoms with Gasteiger partial charge in [-0.05, 0) is 55.7 Å². The first kappa shape index (κ1) is 21.9. The average molecular weight is 464 g/mol. The Balaban J connectivity index is 1.68. The maximum Gasteiger partial charge on any atom is 0.412 e. The van der Waals surface area contributed by atoms with Crippen molar-refractivity contribution >= 4 is 23.4 Å². The molecule has 1 aliphatic heterocycles. The van der Waals surface area contributed by atoms with Crippen LogP contribution in [0.15, 0.2) is 48.8 Å². The minimum atomic E-state index is -1.24. The zero-order valence-corrected chi connectivity index (χ0v) is 19.1. The van der Waals surface area contributed by atoms with Crippen LogP contribution in [0.25, 0.3) is 11.1 Å². The molecule has 176 valence electrons. The topological polar surface area (TPSA) is 87.9 Å². The van der Waals surface area contributed by atoms with E-state index in [2.05, 4.69) is 5.10 Å². The molecule has 0 spiro atoms. The number of carboxylic acid groups (broad SMARTS) is 1. The van der Waals surface area contributed by atoms with Crippen LogP contribution in [0.2, 0.25) is 0 Å². The monoisotopic (exact) mass is 464 g/mol. The van der Waals surface area contributed by atoms with Crippen LogP contribution in [0, 0.1) is 5.82 Å². The maximum absolute atomic E-state index is 15.0. The molecule has 2 aromatic carbocycles. The maximum atomic E-state index is 15.0. The van der Waals surface area contributed by atoms with Gasteiger partial charge in [-0.15, -0.1) is 0 Å². The van der Waals surface area contributed by atoms with E-state index in [0.717, 1.165) is 28.9 Å². The summed E-state index contributed by atoms with van der Waals surface area (Å²) in [5.41, 5.74) is 2.51. The van der Waals surface area contributed by atoms with Crippen molar-refractivity contribution in [1.82, 2.24) is 9.78 Å². The van der Waals surface area contributed by atoms with Crippen LogP contribution >= 0.6 is 0 Å². The highest BCUT2D eigenvalue weighted by Gasteiger charge is 2.43. The summed E-state index contributed by atoms with van der Waals surface area (Å²) in [6.45, 7) is 3.14. The highest BCUT2D eigenvalue weighted by Crippen LogP contribution is 2.47. The van der Waals surface area contributed by atoms with Gasteiger partial charge in [-0.25, -0.2) is 9.18 Å². The number of methoxy groups -OCH3 is 1.